The number of benzene rings is 2. The molecule has 1 aliphatic heterocycles. The molecule has 0 aliphatic carbocycles. The van der Waals surface area contributed by atoms with Gasteiger partial charge in [-0.2, -0.15) is 0 Å². The van der Waals surface area contributed by atoms with Gasteiger partial charge in [-0.05, 0) is 49.6 Å². The minimum atomic E-state index is 0.000558. The number of rotatable bonds is 3. The second kappa shape index (κ2) is 11.5. The van der Waals surface area contributed by atoms with Gasteiger partial charge in [0.15, 0.2) is 0 Å². The Morgan fingerprint density at radius 3 is 2.35 bits per heavy atom. The Bertz CT molecular complexity index is 880. The molecule has 31 heavy (non-hydrogen) atoms. The fourth-order valence-corrected chi connectivity index (χ4v) is 4.16. The van der Waals surface area contributed by atoms with E-state index in [1.165, 1.54) is 0 Å². The minimum Gasteiger partial charge on any atom is -0.494 e. The van der Waals surface area contributed by atoms with Gasteiger partial charge >= 0.3 is 0 Å². The molecule has 5 heteroatoms. The highest BCUT2D eigenvalue weighted by Crippen LogP contribution is 2.25. The summed E-state index contributed by atoms with van der Waals surface area (Å²) in [6, 6.07) is 15.4. The van der Waals surface area contributed by atoms with Gasteiger partial charge in [0.25, 0.3) is 5.91 Å². The lowest BCUT2D eigenvalue weighted by molar-refractivity contribution is -0.116. The molecular weight excluding hydrogens is 388 g/mol. The molecule has 1 aliphatic rings. The third-order valence-corrected chi connectivity index (χ3v) is 5.76. The van der Waals surface area contributed by atoms with Gasteiger partial charge in [-0.15, -0.1) is 0 Å². The first-order valence-corrected chi connectivity index (χ1v) is 11.5. The molecule has 2 amide bonds. The molecule has 3 rings (SSSR count). The molecule has 166 valence electrons. The molecule has 0 saturated heterocycles. The van der Waals surface area contributed by atoms with Crippen molar-refractivity contribution < 1.29 is 14.3 Å². The molecule has 0 fully saturated rings. The smallest absolute Gasteiger partial charge is 0.254 e. The van der Waals surface area contributed by atoms with Crippen molar-refractivity contribution in [1.29, 1.82) is 0 Å². The zero-order valence-electron chi connectivity index (χ0n) is 18.8. The second-order valence-corrected chi connectivity index (χ2v) is 8.11. The Morgan fingerprint density at radius 2 is 1.61 bits per heavy atom. The Morgan fingerprint density at radius 1 is 0.903 bits per heavy atom. The van der Waals surface area contributed by atoms with Gasteiger partial charge in [-0.3, -0.25) is 9.59 Å². The van der Waals surface area contributed by atoms with E-state index < -0.39 is 0 Å². The predicted octanol–water partition coefficient (Wildman–Crippen LogP) is 5.43. The van der Waals surface area contributed by atoms with E-state index in [0.29, 0.717) is 31.0 Å². The summed E-state index contributed by atoms with van der Waals surface area (Å²) in [7, 11) is 0. The van der Waals surface area contributed by atoms with E-state index in [0.717, 1.165) is 56.3 Å². The lowest BCUT2D eigenvalue weighted by Crippen LogP contribution is -2.34. The van der Waals surface area contributed by atoms with Crippen LogP contribution in [0.1, 0.15) is 68.3 Å². The molecule has 0 spiro atoms. The fourth-order valence-electron chi connectivity index (χ4n) is 4.16. The van der Waals surface area contributed by atoms with Gasteiger partial charge in [-0.25, -0.2) is 0 Å². The summed E-state index contributed by atoms with van der Waals surface area (Å²) in [6.07, 6.45) is 6.54. The third kappa shape index (κ3) is 6.33. The SMILES string of the molecule is CCOc1cccc(C(=O)N2CCCCCCCCN(C(C)=O)c3ccccc3C2)c1. The van der Waals surface area contributed by atoms with E-state index in [1.807, 2.05) is 65.3 Å². The van der Waals surface area contributed by atoms with Crippen molar-refractivity contribution in [3.8, 4) is 5.75 Å². The van der Waals surface area contributed by atoms with Crippen LogP contribution in [0.15, 0.2) is 48.5 Å². The van der Waals surface area contributed by atoms with Gasteiger partial charge in [0.2, 0.25) is 5.91 Å². The number of nitrogens with zero attached hydrogens (tertiary/aromatic N) is 2. The Kier molecular flexibility index (Phi) is 8.51. The normalized spacial score (nSPS) is 15.8. The first-order chi connectivity index (χ1) is 15.1. The fraction of sp³-hybridized carbons (Fsp3) is 0.462. The zero-order chi connectivity index (χ0) is 22.1. The lowest BCUT2D eigenvalue weighted by Gasteiger charge is -2.28. The van der Waals surface area contributed by atoms with Crippen LogP contribution in [0.2, 0.25) is 0 Å². The third-order valence-electron chi connectivity index (χ3n) is 5.76. The first kappa shape index (κ1) is 22.9. The molecule has 0 N–H and O–H groups in total. The van der Waals surface area contributed by atoms with Crippen LogP contribution < -0.4 is 9.64 Å². The van der Waals surface area contributed by atoms with Crippen molar-refractivity contribution in [2.24, 2.45) is 0 Å². The summed E-state index contributed by atoms with van der Waals surface area (Å²) >= 11 is 0. The van der Waals surface area contributed by atoms with Gasteiger partial charge in [0, 0.05) is 37.8 Å². The first-order valence-electron chi connectivity index (χ1n) is 11.5. The standard InChI is InChI=1S/C26H34N2O3/c1-3-31-24-15-12-14-22(19-24)26(30)27-17-10-6-4-5-7-11-18-28(21(2)29)25-16-9-8-13-23(25)20-27/h8-9,12-16,19H,3-7,10-11,17-18,20H2,1-2H3. The van der Waals surface area contributed by atoms with Gasteiger partial charge in [0.1, 0.15) is 5.75 Å². The minimum absolute atomic E-state index is 0.000558. The Labute approximate surface area is 186 Å². The summed E-state index contributed by atoms with van der Waals surface area (Å²) in [4.78, 5) is 29.7. The highest BCUT2D eigenvalue weighted by molar-refractivity contribution is 5.95. The van der Waals surface area contributed by atoms with E-state index >= 15 is 0 Å². The van der Waals surface area contributed by atoms with Crippen molar-refractivity contribution in [2.45, 2.75) is 58.9 Å². The molecule has 0 radical (unpaired) electrons. The molecule has 0 atom stereocenters. The van der Waals surface area contributed by atoms with E-state index in [4.69, 9.17) is 4.74 Å². The van der Waals surface area contributed by atoms with Crippen LogP contribution >= 0.6 is 0 Å². The average Bonchev–Trinajstić information content (AvgIpc) is 2.79. The highest BCUT2D eigenvalue weighted by Gasteiger charge is 2.21. The predicted molar refractivity (Wildman–Crippen MR) is 125 cm³/mol. The number of carbonyl (C=O) groups is 2. The average molecular weight is 423 g/mol. The number of para-hydroxylation sites is 1. The van der Waals surface area contributed by atoms with Crippen molar-refractivity contribution >= 4 is 17.5 Å². The zero-order valence-corrected chi connectivity index (χ0v) is 18.8. The van der Waals surface area contributed by atoms with Gasteiger partial charge < -0.3 is 14.5 Å². The Hall–Kier alpha value is -2.82. The quantitative estimate of drug-likeness (QED) is 0.662. The number of ether oxygens (including phenoxy) is 1. The van der Waals surface area contributed by atoms with Crippen LogP contribution in [0.3, 0.4) is 0 Å². The molecule has 1 heterocycles. The van der Waals surface area contributed by atoms with E-state index in [1.54, 1.807) is 6.92 Å². The van der Waals surface area contributed by atoms with Crippen molar-refractivity contribution in [3.05, 3.63) is 59.7 Å². The van der Waals surface area contributed by atoms with Crippen LogP contribution in [-0.2, 0) is 11.3 Å². The summed E-state index contributed by atoms with van der Waals surface area (Å²) in [5.74, 6) is 0.757. The number of hydrogen-bond donors (Lipinski definition) is 0. The van der Waals surface area contributed by atoms with Crippen LogP contribution in [-0.4, -0.2) is 36.4 Å². The maximum atomic E-state index is 13.5. The molecule has 0 unspecified atom stereocenters. The number of anilines is 1. The molecule has 2 aromatic rings. The van der Waals surface area contributed by atoms with Crippen LogP contribution in [0.25, 0.3) is 0 Å². The molecule has 5 nitrogen and oxygen atoms in total. The summed E-state index contributed by atoms with van der Waals surface area (Å²) < 4.78 is 5.59. The summed E-state index contributed by atoms with van der Waals surface area (Å²) in [5, 5.41) is 0. The Balaban J connectivity index is 1.92. The lowest BCUT2D eigenvalue weighted by atomic mass is 10.1. The number of fused-ring (bicyclic) bond motifs is 1. The number of carbonyl (C=O) groups excluding carboxylic acids is 2. The molecular formula is C26H34N2O3. The highest BCUT2D eigenvalue weighted by atomic mass is 16.5. The largest absolute Gasteiger partial charge is 0.494 e. The molecule has 2 aromatic carbocycles. The summed E-state index contributed by atoms with van der Waals surface area (Å²) in [6.45, 7) is 6.03. The van der Waals surface area contributed by atoms with Gasteiger partial charge in [-0.1, -0.05) is 49.9 Å². The van der Waals surface area contributed by atoms with Crippen LogP contribution in [0.4, 0.5) is 5.69 Å². The van der Waals surface area contributed by atoms with Crippen molar-refractivity contribution in [1.82, 2.24) is 4.90 Å². The topological polar surface area (TPSA) is 49.9 Å². The molecule has 0 saturated carbocycles. The number of hydrogen-bond acceptors (Lipinski definition) is 3. The summed E-state index contributed by atoms with van der Waals surface area (Å²) in [5.41, 5.74) is 2.55. The number of amides is 2. The molecule has 0 aromatic heterocycles. The maximum Gasteiger partial charge on any atom is 0.254 e. The van der Waals surface area contributed by atoms with Crippen molar-refractivity contribution in [3.63, 3.8) is 0 Å². The van der Waals surface area contributed by atoms with E-state index in [9.17, 15) is 9.59 Å². The monoisotopic (exact) mass is 422 g/mol. The van der Waals surface area contributed by atoms with Crippen LogP contribution in [0, 0.1) is 0 Å². The molecule has 0 bridgehead atoms. The van der Waals surface area contributed by atoms with Crippen molar-refractivity contribution in [2.75, 3.05) is 24.6 Å². The second-order valence-electron chi connectivity index (χ2n) is 8.11. The van der Waals surface area contributed by atoms with E-state index in [-0.39, 0.29) is 11.8 Å². The van der Waals surface area contributed by atoms with E-state index in [2.05, 4.69) is 0 Å². The van der Waals surface area contributed by atoms with Crippen LogP contribution in [0.5, 0.6) is 5.75 Å². The van der Waals surface area contributed by atoms with Gasteiger partial charge in [0.05, 0.1) is 6.61 Å². The maximum absolute atomic E-state index is 13.5.